The zero-order chi connectivity index (χ0) is 21.0. The lowest BCUT2D eigenvalue weighted by Gasteiger charge is -2.12. The first kappa shape index (κ1) is 20.3. The van der Waals surface area contributed by atoms with E-state index in [9.17, 15) is 22.8 Å². The lowest BCUT2D eigenvalue weighted by atomic mass is 10.00. The number of ketones is 1. The summed E-state index contributed by atoms with van der Waals surface area (Å²) < 4.78 is 38.7. The van der Waals surface area contributed by atoms with Crippen molar-refractivity contribution in [1.82, 2.24) is 0 Å². The number of halogens is 3. The maximum absolute atomic E-state index is 12.9. The van der Waals surface area contributed by atoms with E-state index < -0.39 is 11.7 Å². The van der Waals surface area contributed by atoms with Gasteiger partial charge in [-0.15, -0.1) is 0 Å². The number of hydrogen-bond donors (Lipinski definition) is 1. The summed E-state index contributed by atoms with van der Waals surface area (Å²) in [6, 6.07) is 18.1. The standard InChI is InChI=1S/C23H18F3NO2/c1-15-9-11-17(12-10-15)22(29)27-20-8-3-2-7-19(20)21(28)14-16-5-4-6-18(13-16)23(24,25)26/h2-13H,14H2,1H3,(H,27,29). The van der Waals surface area contributed by atoms with Crippen molar-refractivity contribution in [2.24, 2.45) is 0 Å². The molecular weight excluding hydrogens is 379 g/mol. The van der Waals surface area contributed by atoms with E-state index >= 15 is 0 Å². The highest BCUT2D eigenvalue weighted by atomic mass is 19.4. The minimum absolute atomic E-state index is 0.207. The van der Waals surface area contributed by atoms with Crippen LogP contribution in [0.15, 0.2) is 72.8 Å². The van der Waals surface area contributed by atoms with E-state index in [0.717, 1.165) is 17.7 Å². The fourth-order valence-corrected chi connectivity index (χ4v) is 2.87. The molecule has 0 unspecified atom stereocenters. The van der Waals surface area contributed by atoms with E-state index in [1.165, 1.54) is 12.1 Å². The molecule has 0 fully saturated rings. The summed E-state index contributed by atoms with van der Waals surface area (Å²) >= 11 is 0. The molecule has 0 aliphatic heterocycles. The number of rotatable bonds is 5. The number of aryl methyl sites for hydroxylation is 1. The first-order chi connectivity index (χ1) is 13.7. The minimum Gasteiger partial charge on any atom is -0.321 e. The molecule has 3 nitrogen and oxygen atoms in total. The summed E-state index contributed by atoms with van der Waals surface area (Å²) in [5.74, 6) is -0.756. The van der Waals surface area contributed by atoms with Crippen LogP contribution in [0.1, 0.15) is 37.4 Å². The fourth-order valence-electron chi connectivity index (χ4n) is 2.87. The van der Waals surface area contributed by atoms with Gasteiger partial charge >= 0.3 is 6.18 Å². The van der Waals surface area contributed by atoms with Crippen molar-refractivity contribution >= 4 is 17.4 Å². The highest BCUT2D eigenvalue weighted by Crippen LogP contribution is 2.30. The van der Waals surface area contributed by atoms with E-state index in [1.54, 1.807) is 48.5 Å². The molecule has 148 valence electrons. The molecule has 0 spiro atoms. The average molecular weight is 397 g/mol. The number of hydrogen-bond acceptors (Lipinski definition) is 2. The molecule has 0 radical (unpaired) electrons. The summed E-state index contributed by atoms with van der Waals surface area (Å²) in [6.07, 6.45) is -4.68. The Hall–Kier alpha value is -3.41. The third-order valence-electron chi connectivity index (χ3n) is 4.41. The fraction of sp³-hybridized carbons (Fsp3) is 0.130. The molecule has 1 N–H and O–H groups in total. The van der Waals surface area contributed by atoms with Crippen LogP contribution in [0.25, 0.3) is 0 Å². The van der Waals surface area contributed by atoms with Crippen LogP contribution < -0.4 is 5.32 Å². The highest BCUT2D eigenvalue weighted by molar-refractivity contribution is 6.09. The van der Waals surface area contributed by atoms with Gasteiger partial charge in [0.2, 0.25) is 0 Å². The second-order valence-corrected chi connectivity index (χ2v) is 6.66. The number of carbonyl (C=O) groups excluding carboxylic acids is 2. The second-order valence-electron chi connectivity index (χ2n) is 6.66. The topological polar surface area (TPSA) is 46.2 Å². The molecule has 0 bridgehead atoms. The molecule has 3 aromatic rings. The SMILES string of the molecule is Cc1ccc(C(=O)Nc2ccccc2C(=O)Cc2cccc(C(F)(F)F)c2)cc1. The molecule has 1 amide bonds. The van der Waals surface area contributed by atoms with Crippen LogP contribution >= 0.6 is 0 Å². The quantitative estimate of drug-likeness (QED) is 0.562. The van der Waals surface area contributed by atoms with Crippen molar-refractivity contribution in [2.45, 2.75) is 19.5 Å². The number of anilines is 1. The van der Waals surface area contributed by atoms with Crippen LogP contribution in [0.2, 0.25) is 0 Å². The summed E-state index contributed by atoms with van der Waals surface area (Å²) in [5.41, 5.74) is 1.46. The normalized spacial score (nSPS) is 11.2. The van der Waals surface area contributed by atoms with Gasteiger partial charge in [0, 0.05) is 17.5 Å². The number of amides is 1. The van der Waals surface area contributed by atoms with Gasteiger partial charge in [-0.3, -0.25) is 9.59 Å². The van der Waals surface area contributed by atoms with Crippen LogP contribution in [-0.4, -0.2) is 11.7 Å². The first-order valence-corrected chi connectivity index (χ1v) is 8.90. The van der Waals surface area contributed by atoms with Crippen molar-refractivity contribution < 1.29 is 22.8 Å². The smallest absolute Gasteiger partial charge is 0.321 e. The summed E-state index contributed by atoms with van der Waals surface area (Å²) in [6.45, 7) is 1.91. The summed E-state index contributed by atoms with van der Waals surface area (Å²) in [4.78, 5) is 25.2. The maximum atomic E-state index is 12.9. The van der Waals surface area contributed by atoms with Gasteiger partial charge in [0.15, 0.2) is 5.78 Å². The molecule has 0 atom stereocenters. The summed E-state index contributed by atoms with van der Waals surface area (Å²) in [5, 5.41) is 2.71. The molecule has 3 rings (SSSR count). The Balaban J connectivity index is 1.80. The molecule has 29 heavy (non-hydrogen) atoms. The van der Waals surface area contributed by atoms with Gasteiger partial charge in [0.1, 0.15) is 0 Å². The minimum atomic E-state index is -4.47. The Morgan fingerprint density at radius 1 is 0.897 bits per heavy atom. The number of carbonyl (C=O) groups is 2. The molecule has 0 saturated carbocycles. The molecule has 0 aliphatic carbocycles. The Labute approximate surface area is 166 Å². The Bertz CT molecular complexity index is 1040. The molecule has 0 aliphatic rings. The Morgan fingerprint density at radius 2 is 1.59 bits per heavy atom. The van der Waals surface area contributed by atoms with E-state index in [4.69, 9.17) is 0 Å². The molecule has 0 saturated heterocycles. The second kappa shape index (κ2) is 8.31. The molecular formula is C23H18F3NO2. The number of alkyl halides is 3. The van der Waals surface area contributed by atoms with E-state index in [-0.39, 0.29) is 29.2 Å². The van der Waals surface area contributed by atoms with E-state index in [1.807, 2.05) is 6.92 Å². The molecule has 0 heterocycles. The highest BCUT2D eigenvalue weighted by Gasteiger charge is 2.30. The van der Waals surface area contributed by atoms with E-state index in [0.29, 0.717) is 11.3 Å². The number of benzene rings is 3. The van der Waals surface area contributed by atoms with Gasteiger partial charge in [-0.2, -0.15) is 13.2 Å². The van der Waals surface area contributed by atoms with Gasteiger partial charge < -0.3 is 5.32 Å². The number of Topliss-reactive ketones (excluding diaryl/α,β-unsaturated/α-hetero) is 1. The van der Waals surface area contributed by atoms with Crippen molar-refractivity contribution in [3.8, 4) is 0 Å². The van der Waals surface area contributed by atoms with Crippen LogP contribution in [0.5, 0.6) is 0 Å². The van der Waals surface area contributed by atoms with Crippen LogP contribution in [-0.2, 0) is 12.6 Å². The van der Waals surface area contributed by atoms with Gasteiger partial charge in [-0.25, -0.2) is 0 Å². The van der Waals surface area contributed by atoms with Crippen LogP contribution in [0, 0.1) is 6.92 Å². The number of para-hydroxylation sites is 1. The third-order valence-corrected chi connectivity index (χ3v) is 4.41. The molecule has 3 aromatic carbocycles. The van der Waals surface area contributed by atoms with Crippen LogP contribution in [0.4, 0.5) is 18.9 Å². The van der Waals surface area contributed by atoms with Crippen molar-refractivity contribution in [3.63, 3.8) is 0 Å². The average Bonchev–Trinajstić information content (AvgIpc) is 2.68. The maximum Gasteiger partial charge on any atom is 0.416 e. The van der Waals surface area contributed by atoms with Crippen LogP contribution in [0.3, 0.4) is 0 Å². The third kappa shape index (κ3) is 5.10. The Morgan fingerprint density at radius 3 is 2.28 bits per heavy atom. The predicted octanol–water partition coefficient (Wildman–Crippen LogP) is 5.69. The van der Waals surface area contributed by atoms with Gasteiger partial charge in [0.05, 0.1) is 11.3 Å². The van der Waals surface area contributed by atoms with Gasteiger partial charge in [-0.1, -0.05) is 48.0 Å². The predicted molar refractivity (Wildman–Crippen MR) is 105 cm³/mol. The lowest BCUT2D eigenvalue weighted by Crippen LogP contribution is -2.15. The Kier molecular flexibility index (Phi) is 5.82. The van der Waals surface area contributed by atoms with Gasteiger partial charge in [-0.05, 0) is 42.8 Å². The first-order valence-electron chi connectivity index (χ1n) is 8.90. The van der Waals surface area contributed by atoms with Crippen molar-refractivity contribution in [2.75, 3.05) is 5.32 Å². The number of nitrogens with one attached hydrogen (secondary N) is 1. The monoisotopic (exact) mass is 397 g/mol. The van der Waals surface area contributed by atoms with Gasteiger partial charge in [0.25, 0.3) is 5.91 Å². The lowest BCUT2D eigenvalue weighted by molar-refractivity contribution is -0.137. The van der Waals surface area contributed by atoms with Crippen molar-refractivity contribution in [3.05, 3.63) is 101 Å². The van der Waals surface area contributed by atoms with Crippen molar-refractivity contribution in [1.29, 1.82) is 0 Å². The zero-order valence-electron chi connectivity index (χ0n) is 15.6. The summed E-state index contributed by atoms with van der Waals surface area (Å²) in [7, 11) is 0. The zero-order valence-corrected chi connectivity index (χ0v) is 15.6. The molecule has 6 heteroatoms. The largest absolute Gasteiger partial charge is 0.416 e. The van der Waals surface area contributed by atoms with E-state index in [2.05, 4.69) is 5.32 Å². The molecule has 0 aromatic heterocycles.